The lowest BCUT2D eigenvalue weighted by Gasteiger charge is -2.39. The molecule has 94 valence electrons. The quantitative estimate of drug-likeness (QED) is 0.882. The average Bonchev–Trinajstić information content (AvgIpc) is 2.33. The molecule has 0 unspecified atom stereocenters. The van der Waals surface area contributed by atoms with Crippen LogP contribution in [-0.4, -0.2) is 10.9 Å². The van der Waals surface area contributed by atoms with Gasteiger partial charge in [0.25, 0.3) is 0 Å². The van der Waals surface area contributed by atoms with Crippen LogP contribution in [0.1, 0.15) is 31.0 Å². The molecule has 4 heteroatoms. The highest BCUT2D eigenvalue weighted by Crippen LogP contribution is 2.45. The van der Waals surface area contributed by atoms with Crippen LogP contribution in [0, 0.1) is 29.6 Å². The van der Waals surface area contributed by atoms with Crippen molar-refractivity contribution in [3.8, 4) is 6.07 Å². The predicted octanol–water partition coefficient (Wildman–Crippen LogP) is 1.95. The summed E-state index contributed by atoms with van der Waals surface area (Å²) < 4.78 is 0. The lowest BCUT2D eigenvalue weighted by molar-refractivity contribution is -0.134. The second-order valence-electron chi connectivity index (χ2n) is 5.20. The van der Waals surface area contributed by atoms with Crippen LogP contribution in [0.3, 0.4) is 0 Å². The Hall–Kier alpha value is -1.89. The molecule has 1 aromatic rings. The minimum atomic E-state index is -0.794. The van der Waals surface area contributed by atoms with Gasteiger partial charge in [-0.25, -0.2) is 0 Å². The Bertz CT molecular complexity index is 481. The molecule has 0 aliphatic heterocycles. The fourth-order valence-electron chi connectivity index (χ4n) is 2.41. The lowest BCUT2D eigenvalue weighted by atomic mass is 9.63. The molecule has 1 N–H and O–H groups in total. The van der Waals surface area contributed by atoms with E-state index in [4.69, 9.17) is 5.26 Å². The standard InChI is InChI=1S/C14H17N3O/c1-10-5-14(6-10,9-15)13(18)17-8-12-4-3-11(2)16-7-12/h3-4,7,10H,5-6,8H2,1-2H3,(H,17,18). The topological polar surface area (TPSA) is 65.8 Å². The van der Waals surface area contributed by atoms with E-state index in [1.165, 1.54) is 0 Å². The predicted molar refractivity (Wildman–Crippen MR) is 67.3 cm³/mol. The number of hydrogen-bond acceptors (Lipinski definition) is 3. The van der Waals surface area contributed by atoms with E-state index < -0.39 is 5.41 Å². The first-order chi connectivity index (χ1) is 8.55. The number of carbonyl (C=O) groups is 1. The number of carbonyl (C=O) groups excluding carboxylic acids is 1. The normalized spacial score (nSPS) is 25.9. The fourth-order valence-corrected chi connectivity index (χ4v) is 2.41. The summed E-state index contributed by atoms with van der Waals surface area (Å²) in [5, 5.41) is 12.0. The summed E-state index contributed by atoms with van der Waals surface area (Å²) in [6.07, 6.45) is 3.08. The molecular weight excluding hydrogens is 226 g/mol. The lowest BCUT2D eigenvalue weighted by Crippen LogP contribution is -2.47. The molecule has 0 radical (unpaired) electrons. The smallest absolute Gasteiger partial charge is 0.240 e. The number of aromatic nitrogens is 1. The van der Waals surface area contributed by atoms with Gasteiger partial charge in [0.15, 0.2) is 0 Å². The van der Waals surface area contributed by atoms with Gasteiger partial charge in [-0.15, -0.1) is 0 Å². The van der Waals surface area contributed by atoms with Crippen molar-refractivity contribution in [2.75, 3.05) is 0 Å². The molecule has 0 atom stereocenters. The maximum Gasteiger partial charge on any atom is 0.240 e. The van der Waals surface area contributed by atoms with E-state index in [0.29, 0.717) is 25.3 Å². The number of rotatable bonds is 3. The molecule has 1 heterocycles. The Morgan fingerprint density at radius 1 is 1.61 bits per heavy atom. The van der Waals surface area contributed by atoms with Gasteiger partial charge in [0.2, 0.25) is 5.91 Å². The maximum absolute atomic E-state index is 12.0. The Morgan fingerprint density at radius 3 is 2.83 bits per heavy atom. The third kappa shape index (κ3) is 2.35. The van der Waals surface area contributed by atoms with Crippen molar-refractivity contribution >= 4 is 5.91 Å². The molecule has 18 heavy (non-hydrogen) atoms. The van der Waals surface area contributed by atoms with E-state index in [9.17, 15) is 4.79 Å². The molecule has 0 bridgehead atoms. The third-order valence-electron chi connectivity index (χ3n) is 3.47. The van der Waals surface area contributed by atoms with Gasteiger partial charge in [-0.2, -0.15) is 5.26 Å². The minimum absolute atomic E-state index is 0.149. The number of aryl methyl sites for hydroxylation is 1. The SMILES string of the molecule is Cc1ccc(CNC(=O)C2(C#N)CC(C)C2)cn1. The first-order valence-corrected chi connectivity index (χ1v) is 6.17. The molecule has 1 aliphatic carbocycles. The van der Waals surface area contributed by atoms with Crippen molar-refractivity contribution in [1.82, 2.24) is 10.3 Å². The van der Waals surface area contributed by atoms with Crippen LogP contribution in [-0.2, 0) is 11.3 Å². The van der Waals surface area contributed by atoms with Crippen molar-refractivity contribution in [3.63, 3.8) is 0 Å². The zero-order valence-electron chi connectivity index (χ0n) is 10.7. The molecule has 4 nitrogen and oxygen atoms in total. The van der Waals surface area contributed by atoms with Crippen molar-refractivity contribution in [1.29, 1.82) is 5.26 Å². The highest BCUT2D eigenvalue weighted by atomic mass is 16.2. The molecule has 1 saturated carbocycles. The molecular formula is C14H17N3O. The Balaban J connectivity index is 1.93. The monoisotopic (exact) mass is 243 g/mol. The van der Waals surface area contributed by atoms with Gasteiger partial charge in [-0.3, -0.25) is 9.78 Å². The fraction of sp³-hybridized carbons (Fsp3) is 0.500. The molecule has 0 aromatic carbocycles. The van der Waals surface area contributed by atoms with Gasteiger partial charge >= 0.3 is 0 Å². The highest BCUT2D eigenvalue weighted by molar-refractivity contribution is 5.86. The van der Waals surface area contributed by atoms with E-state index in [-0.39, 0.29) is 5.91 Å². The van der Waals surface area contributed by atoms with Crippen LogP contribution in [0.4, 0.5) is 0 Å². The van der Waals surface area contributed by atoms with Crippen LogP contribution in [0.5, 0.6) is 0 Å². The summed E-state index contributed by atoms with van der Waals surface area (Å²) in [7, 11) is 0. The molecule has 1 aliphatic rings. The molecule has 1 aromatic heterocycles. The zero-order valence-corrected chi connectivity index (χ0v) is 10.7. The molecule has 1 fully saturated rings. The van der Waals surface area contributed by atoms with Crippen molar-refractivity contribution in [2.45, 2.75) is 33.2 Å². The van der Waals surface area contributed by atoms with E-state index in [1.54, 1.807) is 6.20 Å². The highest BCUT2D eigenvalue weighted by Gasteiger charge is 2.48. The van der Waals surface area contributed by atoms with E-state index >= 15 is 0 Å². The van der Waals surface area contributed by atoms with Gasteiger partial charge in [0.1, 0.15) is 5.41 Å². The molecule has 1 amide bonds. The Kier molecular flexibility index (Phi) is 3.33. The van der Waals surface area contributed by atoms with Crippen molar-refractivity contribution in [2.24, 2.45) is 11.3 Å². The average molecular weight is 243 g/mol. The van der Waals surface area contributed by atoms with Crippen LogP contribution in [0.2, 0.25) is 0 Å². The van der Waals surface area contributed by atoms with Gasteiger partial charge in [0, 0.05) is 18.4 Å². The van der Waals surface area contributed by atoms with Gasteiger partial charge in [0.05, 0.1) is 6.07 Å². The first kappa shape index (κ1) is 12.6. The van der Waals surface area contributed by atoms with Gasteiger partial charge < -0.3 is 5.32 Å². The summed E-state index contributed by atoms with van der Waals surface area (Å²) in [5.74, 6) is 0.320. The van der Waals surface area contributed by atoms with E-state index in [1.807, 2.05) is 19.1 Å². The molecule has 0 spiro atoms. The van der Waals surface area contributed by atoms with Crippen LogP contribution < -0.4 is 5.32 Å². The summed E-state index contributed by atoms with van der Waals surface area (Å²) >= 11 is 0. The Morgan fingerprint density at radius 2 is 2.33 bits per heavy atom. The maximum atomic E-state index is 12.0. The summed E-state index contributed by atoms with van der Waals surface area (Å²) in [4.78, 5) is 16.2. The summed E-state index contributed by atoms with van der Waals surface area (Å²) in [6.45, 7) is 4.42. The van der Waals surface area contributed by atoms with E-state index in [0.717, 1.165) is 11.3 Å². The van der Waals surface area contributed by atoms with Gasteiger partial charge in [-0.1, -0.05) is 13.0 Å². The van der Waals surface area contributed by atoms with Crippen LogP contribution >= 0.6 is 0 Å². The number of nitriles is 1. The number of pyridine rings is 1. The van der Waals surface area contributed by atoms with Crippen molar-refractivity contribution < 1.29 is 4.79 Å². The van der Waals surface area contributed by atoms with Gasteiger partial charge in [-0.05, 0) is 37.3 Å². The minimum Gasteiger partial charge on any atom is -0.351 e. The van der Waals surface area contributed by atoms with Crippen LogP contribution in [0.15, 0.2) is 18.3 Å². The number of nitrogens with one attached hydrogen (secondary N) is 1. The largest absolute Gasteiger partial charge is 0.351 e. The zero-order chi connectivity index (χ0) is 13.2. The second-order valence-corrected chi connectivity index (χ2v) is 5.20. The second kappa shape index (κ2) is 4.77. The summed E-state index contributed by atoms with van der Waals surface area (Å²) in [6, 6.07) is 6.01. The number of nitrogens with zero attached hydrogens (tertiary/aromatic N) is 2. The third-order valence-corrected chi connectivity index (χ3v) is 3.47. The Labute approximate surface area is 107 Å². The van der Waals surface area contributed by atoms with Crippen LogP contribution in [0.25, 0.3) is 0 Å². The number of hydrogen-bond donors (Lipinski definition) is 1. The van der Waals surface area contributed by atoms with E-state index in [2.05, 4.69) is 23.3 Å². The number of amides is 1. The van der Waals surface area contributed by atoms with Crippen molar-refractivity contribution in [3.05, 3.63) is 29.6 Å². The summed E-state index contributed by atoms with van der Waals surface area (Å²) in [5.41, 5.74) is 1.11. The molecule has 2 rings (SSSR count). The molecule has 0 saturated heterocycles. The first-order valence-electron chi connectivity index (χ1n) is 6.17.